The first-order chi connectivity index (χ1) is 16.6. The average molecular weight is 463 g/mol. The van der Waals surface area contributed by atoms with Crippen LogP contribution in [0.4, 0.5) is 5.69 Å². The average Bonchev–Trinajstić information content (AvgIpc) is 3.21. The number of morpholine rings is 1. The van der Waals surface area contributed by atoms with Crippen LogP contribution in [-0.2, 0) is 20.9 Å². The summed E-state index contributed by atoms with van der Waals surface area (Å²) < 4.78 is 7.69. The third-order valence-corrected chi connectivity index (χ3v) is 7.41. The van der Waals surface area contributed by atoms with E-state index in [0.29, 0.717) is 32.8 Å². The lowest BCUT2D eigenvalue weighted by Gasteiger charge is -2.38. The maximum Gasteiger partial charge on any atom is 0.241 e. The van der Waals surface area contributed by atoms with Crippen molar-refractivity contribution >= 4 is 39.3 Å². The van der Waals surface area contributed by atoms with E-state index in [1.165, 1.54) is 16.4 Å². The van der Waals surface area contributed by atoms with E-state index in [-0.39, 0.29) is 23.8 Å². The zero-order valence-electron chi connectivity index (χ0n) is 20.1. The molecule has 0 saturated carbocycles. The zero-order chi connectivity index (χ0) is 23.7. The molecule has 0 bridgehead atoms. The molecule has 1 aromatic heterocycles. The van der Waals surface area contributed by atoms with E-state index in [0.717, 1.165) is 37.0 Å². The molecule has 0 spiro atoms. The maximum absolute atomic E-state index is 13.2. The summed E-state index contributed by atoms with van der Waals surface area (Å²) in [5.41, 5.74) is 3.19. The molecule has 3 aromatic rings. The second kappa shape index (κ2) is 9.76. The van der Waals surface area contributed by atoms with Crippen molar-refractivity contribution < 1.29 is 14.3 Å². The van der Waals surface area contributed by atoms with Crippen molar-refractivity contribution in [2.45, 2.75) is 39.3 Å². The largest absolute Gasteiger partial charge is 0.378 e. The molecule has 0 unspecified atom stereocenters. The van der Waals surface area contributed by atoms with Gasteiger partial charge in [0.1, 0.15) is 0 Å². The first-order valence-corrected chi connectivity index (χ1v) is 12.5. The van der Waals surface area contributed by atoms with E-state index in [1.54, 1.807) is 0 Å². The number of aromatic nitrogens is 1. The van der Waals surface area contributed by atoms with Crippen LogP contribution in [-0.4, -0.2) is 71.6 Å². The summed E-state index contributed by atoms with van der Waals surface area (Å²) in [4.78, 5) is 30.2. The quantitative estimate of drug-likeness (QED) is 0.628. The summed E-state index contributed by atoms with van der Waals surface area (Å²) in [6.45, 7) is 9.02. The fraction of sp³-hybridized carbons (Fsp3) is 0.481. The van der Waals surface area contributed by atoms with Crippen molar-refractivity contribution in [3.05, 3.63) is 42.5 Å². The Morgan fingerprint density at radius 1 is 1.06 bits per heavy atom. The van der Waals surface area contributed by atoms with Gasteiger partial charge in [0.25, 0.3) is 0 Å². The number of anilines is 1. The monoisotopic (exact) mass is 462 g/mol. The Morgan fingerprint density at radius 3 is 2.62 bits per heavy atom. The SMILES string of the molecule is CCn1c2ccccc2c2cc(NC(=O)[C@H](C)N3CCC[C@@H](C(=O)N4CCOCC4)C3)ccc21. The van der Waals surface area contributed by atoms with Crippen LogP contribution in [0, 0.1) is 5.92 Å². The number of nitrogens with one attached hydrogen (secondary N) is 1. The van der Waals surface area contributed by atoms with Crippen molar-refractivity contribution in [1.29, 1.82) is 0 Å². The van der Waals surface area contributed by atoms with E-state index in [2.05, 4.69) is 58.1 Å². The molecule has 34 heavy (non-hydrogen) atoms. The van der Waals surface area contributed by atoms with Crippen LogP contribution in [0.3, 0.4) is 0 Å². The highest BCUT2D eigenvalue weighted by molar-refractivity contribution is 6.10. The molecule has 180 valence electrons. The van der Waals surface area contributed by atoms with Crippen LogP contribution in [0.15, 0.2) is 42.5 Å². The van der Waals surface area contributed by atoms with Gasteiger partial charge in [0, 0.05) is 53.7 Å². The van der Waals surface area contributed by atoms with E-state index >= 15 is 0 Å². The molecule has 2 aliphatic heterocycles. The molecule has 5 rings (SSSR count). The number of benzene rings is 2. The molecule has 7 heteroatoms. The number of likely N-dealkylation sites (tertiary alicyclic amines) is 1. The summed E-state index contributed by atoms with van der Waals surface area (Å²) in [6, 6.07) is 14.3. The predicted octanol–water partition coefficient (Wildman–Crippen LogP) is 3.71. The van der Waals surface area contributed by atoms with Gasteiger partial charge in [-0.15, -0.1) is 0 Å². The number of ether oxygens (including phenoxy) is 1. The molecule has 2 atom stereocenters. The molecule has 2 aliphatic rings. The summed E-state index contributed by atoms with van der Waals surface area (Å²) in [5.74, 6) is 0.134. The summed E-state index contributed by atoms with van der Waals surface area (Å²) in [7, 11) is 0. The Labute approximate surface area is 200 Å². The normalized spacial score (nSPS) is 20.5. The van der Waals surface area contributed by atoms with Gasteiger partial charge in [-0.05, 0) is 57.5 Å². The first kappa shape index (κ1) is 22.9. The Kier molecular flexibility index (Phi) is 6.57. The number of hydrogen-bond acceptors (Lipinski definition) is 4. The van der Waals surface area contributed by atoms with E-state index in [9.17, 15) is 9.59 Å². The molecule has 1 N–H and O–H groups in total. The van der Waals surface area contributed by atoms with Crippen LogP contribution in [0.25, 0.3) is 21.8 Å². The lowest BCUT2D eigenvalue weighted by atomic mass is 9.95. The summed E-state index contributed by atoms with van der Waals surface area (Å²) in [5, 5.41) is 5.48. The Bertz CT molecular complexity index is 1200. The number of aryl methyl sites for hydroxylation is 1. The zero-order valence-corrected chi connectivity index (χ0v) is 20.1. The highest BCUT2D eigenvalue weighted by Gasteiger charge is 2.33. The van der Waals surface area contributed by atoms with Crippen LogP contribution in [0.1, 0.15) is 26.7 Å². The molecular weight excluding hydrogens is 428 g/mol. The fourth-order valence-corrected chi connectivity index (χ4v) is 5.49. The van der Waals surface area contributed by atoms with Crippen LogP contribution < -0.4 is 5.32 Å². The highest BCUT2D eigenvalue weighted by Crippen LogP contribution is 2.31. The maximum atomic E-state index is 13.2. The van der Waals surface area contributed by atoms with Gasteiger partial charge in [-0.2, -0.15) is 0 Å². The minimum Gasteiger partial charge on any atom is -0.378 e. The van der Waals surface area contributed by atoms with Gasteiger partial charge in [-0.3, -0.25) is 14.5 Å². The second-order valence-corrected chi connectivity index (χ2v) is 9.43. The van der Waals surface area contributed by atoms with Gasteiger partial charge in [-0.1, -0.05) is 18.2 Å². The van der Waals surface area contributed by atoms with Crippen molar-refractivity contribution in [1.82, 2.24) is 14.4 Å². The van der Waals surface area contributed by atoms with Crippen LogP contribution >= 0.6 is 0 Å². The van der Waals surface area contributed by atoms with Gasteiger partial charge in [0.05, 0.1) is 25.2 Å². The number of carbonyl (C=O) groups is 2. The van der Waals surface area contributed by atoms with E-state index in [4.69, 9.17) is 4.74 Å². The fourth-order valence-electron chi connectivity index (χ4n) is 5.49. The van der Waals surface area contributed by atoms with Gasteiger partial charge in [0.15, 0.2) is 0 Å². The summed E-state index contributed by atoms with van der Waals surface area (Å²) >= 11 is 0. The van der Waals surface area contributed by atoms with Crippen molar-refractivity contribution in [3.63, 3.8) is 0 Å². The number of fused-ring (bicyclic) bond motifs is 3. The minimum absolute atomic E-state index is 0.0296. The van der Waals surface area contributed by atoms with Crippen molar-refractivity contribution in [3.8, 4) is 0 Å². The molecule has 7 nitrogen and oxygen atoms in total. The van der Waals surface area contributed by atoms with Gasteiger partial charge >= 0.3 is 0 Å². The third kappa shape index (κ3) is 4.30. The predicted molar refractivity (Wildman–Crippen MR) is 135 cm³/mol. The van der Waals surface area contributed by atoms with Crippen molar-refractivity contribution in [2.75, 3.05) is 44.7 Å². The summed E-state index contributed by atoms with van der Waals surface area (Å²) in [6.07, 6.45) is 1.82. The minimum atomic E-state index is -0.298. The highest BCUT2D eigenvalue weighted by atomic mass is 16.5. The number of amides is 2. The first-order valence-electron chi connectivity index (χ1n) is 12.5. The number of hydrogen-bond donors (Lipinski definition) is 1. The molecule has 2 amide bonds. The standard InChI is InChI=1S/C27H34N4O3/c1-3-31-24-9-5-4-8-22(24)23-17-21(10-11-25(23)31)28-26(32)19(2)30-12-6-7-20(18-30)27(33)29-13-15-34-16-14-29/h4-5,8-11,17,19-20H,3,6-7,12-16,18H2,1-2H3,(H,28,32)/t19-,20+/m0/s1. The molecule has 2 saturated heterocycles. The Morgan fingerprint density at radius 2 is 1.82 bits per heavy atom. The topological polar surface area (TPSA) is 66.8 Å². The van der Waals surface area contributed by atoms with E-state index in [1.807, 2.05) is 17.9 Å². The van der Waals surface area contributed by atoms with Gasteiger partial charge in [0.2, 0.25) is 11.8 Å². The second-order valence-electron chi connectivity index (χ2n) is 9.43. The molecule has 2 aromatic carbocycles. The molecule has 2 fully saturated rings. The Hall–Kier alpha value is -2.90. The number of nitrogens with zero attached hydrogens (tertiary/aromatic N) is 3. The Balaban J connectivity index is 1.29. The van der Waals surface area contributed by atoms with Crippen LogP contribution in [0.2, 0.25) is 0 Å². The van der Waals surface area contributed by atoms with Crippen molar-refractivity contribution in [2.24, 2.45) is 5.92 Å². The smallest absolute Gasteiger partial charge is 0.241 e. The number of rotatable bonds is 5. The number of para-hydroxylation sites is 1. The molecule has 0 radical (unpaired) electrons. The van der Waals surface area contributed by atoms with Gasteiger partial charge < -0.3 is 19.5 Å². The van der Waals surface area contributed by atoms with E-state index < -0.39 is 0 Å². The van der Waals surface area contributed by atoms with Crippen LogP contribution in [0.5, 0.6) is 0 Å². The third-order valence-electron chi connectivity index (χ3n) is 7.41. The number of piperidine rings is 1. The molecule has 0 aliphatic carbocycles. The van der Waals surface area contributed by atoms with Gasteiger partial charge in [-0.25, -0.2) is 0 Å². The lowest BCUT2D eigenvalue weighted by molar-refractivity contribution is -0.142. The lowest BCUT2D eigenvalue weighted by Crippen LogP contribution is -2.52. The molecular formula is C27H34N4O3. The molecule has 3 heterocycles. The number of carbonyl (C=O) groups excluding carboxylic acids is 2.